The summed E-state index contributed by atoms with van der Waals surface area (Å²) in [6.07, 6.45) is 4.87. The SMILES string of the molecule is Cc1cc(C)cc(CN2CC(CC[N@+]3(C)CC[C@@H](c4ccccc4)CC3)(c3ccc(Cl)c(Cl)c3)CCC2=O)c1. The molecule has 0 N–H and O–H groups in total. The molecule has 1 amide bonds. The fraction of sp³-hybridized carbons (Fsp3) is 0.441. The molecule has 1 atom stereocenters. The van der Waals surface area contributed by atoms with Gasteiger partial charge < -0.3 is 9.38 Å². The minimum absolute atomic E-state index is 0.140. The number of halogens is 2. The maximum atomic E-state index is 13.2. The standard InChI is InChI=1S/C34H41Cl2N2O/c1-25-19-26(2)21-27(20-25)23-37-24-34(14-11-33(37)39,30-9-10-31(35)32(36)22-30)15-18-38(3)16-12-29(13-17-38)28-7-5-4-6-8-28/h4-10,19-22,29H,11-18,23-24H2,1-3H3/q+1/t29-,34?,38-. The molecule has 39 heavy (non-hydrogen) atoms. The van der Waals surface area contributed by atoms with Gasteiger partial charge in [-0.3, -0.25) is 4.79 Å². The number of aryl methyl sites for hydroxylation is 2. The van der Waals surface area contributed by atoms with Gasteiger partial charge in [-0.15, -0.1) is 0 Å². The first kappa shape index (κ1) is 28.2. The molecule has 2 fully saturated rings. The van der Waals surface area contributed by atoms with E-state index in [1.165, 1.54) is 53.7 Å². The Hall–Kier alpha value is -2.33. The van der Waals surface area contributed by atoms with Crippen molar-refractivity contribution >= 4 is 29.1 Å². The normalized spacial score (nSPS) is 25.6. The zero-order valence-electron chi connectivity index (χ0n) is 23.6. The molecule has 1 unspecified atom stereocenters. The number of carbonyl (C=O) groups excluding carboxylic acids is 1. The van der Waals surface area contributed by atoms with Gasteiger partial charge in [0.15, 0.2) is 0 Å². The summed E-state index contributed by atoms with van der Waals surface area (Å²) in [5.41, 5.74) is 6.22. The zero-order chi connectivity index (χ0) is 27.6. The Morgan fingerprint density at radius 2 is 1.62 bits per heavy atom. The smallest absolute Gasteiger partial charge is 0.222 e. The lowest BCUT2D eigenvalue weighted by atomic mass is 9.71. The lowest BCUT2D eigenvalue weighted by Gasteiger charge is -2.47. The van der Waals surface area contributed by atoms with E-state index in [1.807, 2.05) is 6.07 Å². The molecule has 0 spiro atoms. The number of amides is 1. The molecule has 5 rings (SSSR count). The van der Waals surface area contributed by atoms with Crippen molar-refractivity contribution in [2.24, 2.45) is 0 Å². The van der Waals surface area contributed by atoms with Crippen molar-refractivity contribution in [3.63, 3.8) is 0 Å². The van der Waals surface area contributed by atoms with Crippen molar-refractivity contribution in [1.82, 2.24) is 4.90 Å². The van der Waals surface area contributed by atoms with Gasteiger partial charge in [0.1, 0.15) is 0 Å². The van der Waals surface area contributed by atoms with Crippen molar-refractivity contribution in [2.45, 2.75) is 63.8 Å². The summed E-state index contributed by atoms with van der Waals surface area (Å²) in [5.74, 6) is 0.899. The second-order valence-corrected chi connectivity index (χ2v) is 13.2. The number of hydrogen-bond donors (Lipinski definition) is 0. The van der Waals surface area contributed by atoms with Gasteiger partial charge in [-0.2, -0.15) is 0 Å². The highest BCUT2D eigenvalue weighted by Crippen LogP contribution is 2.42. The number of nitrogens with zero attached hydrogens (tertiary/aromatic N) is 2. The highest BCUT2D eigenvalue weighted by atomic mass is 35.5. The Morgan fingerprint density at radius 3 is 2.28 bits per heavy atom. The van der Waals surface area contributed by atoms with Crippen LogP contribution in [-0.2, 0) is 16.8 Å². The minimum Gasteiger partial charge on any atom is -0.337 e. The summed E-state index contributed by atoms with van der Waals surface area (Å²) < 4.78 is 1.08. The number of hydrogen-bond acceptors (Lipinski definition) is 1. The Kier molecular flexibility index (Phi) is 8.42. The topological polar surface area (TPSA) is 20.3 Å². The van der Waals surface area contributed by atoms with Crippen LogP contribution < -0.4 is 0 Å². The molecule has 3 aromatic carbocycles. The summed E-state index contributed by atoms with van der Waals surface area (Å²) in [6, 6.07) is 23.7. The number of rotatable bonds is 7. The molecular weight excluding hydrogens is 523 g/mol. The van der Waals surface area contributed by atoms with E-state index in [4.69, 9.17) is 23.2 Å². The summed E-state index contributed by atoms with van der Waals surface area (Å²) in [4.78, 5) is 15.3. The quantitative estimate of drug-likeness (QED) is 0.266. The van der Waals surface area contributed by atoms with Crippen molar-refractivity contribution in [3.8, 4) is 0 Å². The lowest BCUT2D eigenvalue weighted by molar-refractivity contribution is -0.915. The molecule has 206 valence electrons. The Bertz CT molecular complexity index is 1300. The maximum Gasteiger partial charge on any atom is 0.222 e. The van der Waals surface area contributed by atoms with Crippen LogP contribution in [0.2, 0.25) is 10.0 Å². The van der Waals surface area contributed by atoms with Crippen LogP contribution in [0.1, 0.15) is 65.8 Å². The molecule has 2 aliphatic heterocycles. The fourth-order valence-corrected chi connectivity index (χ4v) is 7.23. The molecule has 3 nitrogen and oxygen atoms in total. The van der Waals surface area contributed by atoms with Crippen LogP contribution in [0.5, 0.6) is 0 Å². The molecule has 0 aromatic heterocycles. The molecule has 0 aliphatic carbocycles. The van der Waals surface area contributed by atoms with Gasteiger partial charge >= 0.3 is 0 Å². The van der Waals surface area contributed by atoms with Crippen LogP contribution in [-0.4, -0.2) is 48.5 Å². The first-order valence-electron chi connectivity index (χ1n) is 14.3. The number of quaternary nitrogens is 1. The van der Waals surface area contributed by atoms with E-state index >= 15 is 0 Å². The molecule has 2 heterocycles. The van der Waals surface area contributed by atoms with E-state index in [9.17, 15) is 4.79 Å². The molecule has 3 aromatic rings. The number of benzene rings is 3. The van der Waals surface area contributed by atoms with E-state index in [2.05, 4.69) is 86.5 Å². The lowest BCUT2D eigenvalue weighted by Crippen LogP contribution is -2.54. The summed E-state index contributed by atoms with van der Waals surface area (Å²) in [6.45, 7) is 9.07. The summed E-state index contributed by atoms with van der Waals surface area (Å²) in [5, 5.41) is 1.17. The monoisotopic (exact) mass is 563 g/mol. The Labute approximate surface area is 244 Å². The van der Waals surface area contributed by atoms with Crippen LogP contribution in [0.15, 0.2) is 66.7 Å². The number of piperidine rings is 2. The fourth-order valence-electron chi connectivity index (χ4n) is 6.93. The third-order valence-electron chi connectivity index (χ3n) is 9.29. The highest BCUT2D eigenvalue weighted by Gasteiger charge is 2.43. The van der Waals surface area contributed by atoms with Crippen molar-refractivity contribution in [2.75, 3.05) is 33.2 Å². The molecular formula is C34H41Cl2N2O+. The van der Waals surface area contributed by atoms with Crippen LogP contribution >= 0.6 is 23.2 Å². The summed E-state index contributed by atoms with van der Waals surface area (Å²) >= 11 is 12.9. The first-order valence-corrected chi connectivity index (χ1v) is 15.1. The highest BCUT2D eigenvalue weighted by molar-refractivity contribution is 6.42. The van der Waals surface area contributed by atoms with Gasteiger partial charge in [-0.05, 0) is 55.0 Å². The average Bonchev–Trinajstić information content (AvgIpc) is 2.91. The van der Waals surface area contributed by atoms with Crippen LogP contribution in [0.25, 0.3) is 0 Å². The van der Waals surface area contributed by atoms with Crippen LogP contribution in [0, 0.1) is 13.8 Å². The molecule has 0 bridgehead atoms. The van der Waals surface area contributed by atoms with E-state index in [0.717, 1.165) is 23.9 Å². The van der Waals surface area contributed by atoms with E-state index < -0.39 is 0 Å². The largest absolute Gasteiger partial charge is 0.337 e. The van der Waals surface area contributed by atoms with E-state index in [0.29, 0.717) is 35.5 Å². The number of likely N-dealkylation sites (tertiary alicyclic amines) is 2. The second-order valence-electron chi connectivity index (χ2n) is 12.4. The minimum atomic E-state index is -0.140. The zero-order valence-corrected chi connectivity index (χ0v) is 25.1. The van der Waals surface area contributed by atoms with Gasteiger partial charge in [0.2, 0.25) is 5.91 Å². The third-order valence-corrected chi connectivity index (χ3v) is 10.0. The van der Waals surface area contributed by atoms with Crippen molar-refractivity contribution in [3.05, 3.63) is 105 Å². The molecule has 2 saturated heterocycles. The summed E-state index contributed by atoms with van der Waals surface area (Å²) in [7, 11) is 2.42. The molecule has 0 saturated carbocycles. The van der Waals surface area contributed by atoms with Crippen molar-refractivity contribution in [1.29, 1.82) is 0 Å². The predicted molar refractivity (Wildman–Crippen MR) is 163 cm³/mol. The first-order chi connectivity index (χ1) is 18.6. The molecule has 0 radical (unpaired) electrons. The van der Waals surface area contributed by atoms with Gasteiger partial charge in [-0.25, -0.2) is 0 Å². The number of carbonyl (C=O) groups is 1. The van der Waals surface area contributed by atoms with Gasteiger partial charge in [-0.1, -0.05) is 88.9 Å². The predicted octanol–water partition coefficient (Wildman–Crippen LogP) is 8.08. The van der Waals surface area contributed by atoms with Crippen molar-refractivity contribution < 1.29 is 9.28 Å². The van der Waals surface area contributed by atoms with Gasteiger partial charge in [0, 0.05) is 44.2 Å². The molecule has 2 aliphatic rings. The van der Waals surface area contributed by atoms with Crippen LogP contribution in [0.4, 0.5) is 0 Å². The van der Waals surface area contributed by atoms with Crippen LogP contribution in [0.3, 0.4) is 0 Å². The van der Waals surface area contributed by atoms with E-state index in [1.54, 1.807) is 0 Å². The van der Waals surface area contributed by atoms with E-state index in [-0.39, 0.29) is 11.3 Å². The average molecular weight is 565 g/mol. The van der Waals surface area contributed by atoms with Gasteiger partial charge in [0.05, 0.1) is 36.7 Å². The Morgan fingerprint density at radius 1 is 0.923 bits per heavy atom. The second kappa shape index (κ2) is 11.6. The third kappa shape index (κ3) is 6.53. The van der Waals surface area contributed by atoms with Gasteiger partial charge in [0.25, 0.3) is 0 Å². The maximum absolute atomic E-state index is 13.2. The molecule has 5 heteroatoms. The Balaban J connectivity index is 1.37.